The van der Waals surface area contributed by atoms with Crippen molar-refractivity contribution < 1.29 is 4.79 Å². The molecule has 0 fully saturated rings. The maximum Gasteiger partial charge on any atom is 0.242 e. The first-order valence-corrected chi connectivity index (χ1v) is 8.74. The van der Waals surface area contributed by atoms with Crippen molar-refractivity contribution in [2.24, 2.45) is 0 Å². The van der Waals surface area contributed by atoms with E-state index in [4.69, 9.17) is 0 Å². The number of aromatic nitrogens is 2. The summed E-state index contributed by atoms with van der Waals surface area (Å²) >= 11 is 0. The molecule has 0 aliphatic heterocycles. The van der Waals surface area contributed by atoms with Gasteiger partial charge in [-0.15, -0.1) is 0 Å². The molecule has 1 N–H and O–H groups in total. The van der Waals surface area contributed by atoms with Crippen LogP contribution in [0, 0.1) is 0 Å². The van der Waals surface area contributed by atoms with E-state index >= 15 is 0 Å². The molecule has 2 aromatic carbocycles. The van der Waals surface area contributed by atoms with Crippen LogP contribution in [-0.4, -0.2) is 33.7 Å². The molecule has 0 spiro atoms. The number of nitrogens with zero attached hydrogens (tertiary/aromatic N) is 3. The van der Waals surface area contributed by atoms with Crippen LogP contribution in [0.2, 0.25) is 0 Å². The van der Waals surface area contributed by atoms with Crippen molar-refractivity contribution in [2.75, 3.05) is 12.4 Å². The summed E-state index contributed by atoms with van der Waals surface area (Å²) < 4.78 is 1.82. The van der Waals surface area contributed by atoms with E-state index in [0.29, 0.717) is 12.4 Å². The van der Waals surface area contributed by atoms with Gasteiger partial charge in [-0.3, -0.25) is 14.4 Å². The highest BCUT2D eigenvalue weighted by Crippen LogP contribution is 2.10. The number of anilines is 1. The van der Waals surface area contributed by atoms with Crippen molar-refractivity contribution in [1.82, 2.24) is 14.7 Å². The van der Waals surface area contributed by atoms with Crippen LogP contribution in [0.4, 0.5) is 5.82 Å². The fourth-order valence-electron chi connectivity index (χ4n) is 2.73. The van der Waals surface area contributed by atoms with E-state index in [9.17, 15) is 4.79 Å². The van der Waals surface area contributed by atoms with E-state index in [0.717, 1.165) is 6.54 Å². The van der Waals surface area contributed by atoms with Gasteiger partial charge in [0.25, 0.3) is 0 Å². The Hall–Kier alpha value is -2.92. The third-order valence-corrected chi connectivity index (χ3v) is 4.39. The summed E-state index contributed by atoms with van der Waals surface area (Å²) in [5, 5.41) is 7.34. The highest BCUT2D eigenvalue weighted by molar-refractivity contribution is 5.93. The number of carbonyl (C=O) groups excluding carboxylic acids is 1. The van der Waals surface area contributed by atoms with Crippen LogP contribution in [0.25, 0.3) is 0 Å². The van der Waals surface area contributed by atoms with Gasteiger partial charge in [0.2, 0.25) is 5.91 Å². The Labute approximate surface area is 154 Å². The lowest BCUT2D eigenvalue weighted by molar-refractivity contribution is -0.120. The van der Waals surface area contributed by atoms with Crippen molar-refractivity contribution in [3.05, 3.63) is 84.1 Å². The van der Waals surface area contributed by atoms with Crippen LogP contribution < -0.4 is 5.32 Å². The molecule has 3 rings (SSSR count). The lowest BCUT2D eigenvalue weighted by Crippen LogP contribution is -2.39. The smallest absolute Gasteiger partial charge is 0.242 e. The van der Waals surface area contributed by atoms with Gasteiger partial charge in [0.05, 0.1) is 12.6 Å². The number of rotatable bonds is 7. The molecule has 1 atom stereocenters. The Bertz CT molecular complexity index is 829. The molecule has 26 heavy (non-hydrogen) atoms. The Balaban J connectivity index is 1.55. The quantitative estimate of drug-likeness (QED) is 0.712. The van der Waals surface area contributed by atoms with Crippen molar-refractivity contribution >= 4 is 11.7 Å². The van der Waals surface area contributed by atoms with Crippen LogP contribution in [0.5, 0.6) is 0 Å². The van der Waals surface area contributed by atoms with E-state index in [1.807, 2.05) is 72.2 Å². The molecule has 0 radical (unpaired) electrons. The van der Waals surface area contributed by atoms with E-state index in [2.05, 4.69) is 34.7 Å². The third kappa shape index (κ3) is 4.80. The Kier molecular flexibility index (Phi) is 5.81. The predicted molar refractivity (Wildman–Crippen MR) is 104 cm³/mol. The van der Waals surface area contributed by atoms with Gasteiger partial charge in [-0.2, -0.15) is 5.10 Å². The van der Waals surface area contributed by atoms with Crippen molar-refractivity contribution in [1.29, 1.82) is 0 Å². The van der Waals surface area contributed by atoms with Gasteiger partial charge in [0.1, 0.15) is 0 Å². The number of hydrogen-bond donors (Lipinski definition) is 1. The van der Waals surface area contributed by atoms with Gasteiger partial charge >= 0.3 is 0 Å². The second-order valence-corrected chi connectivity index (χ2v) is 6.45. The minimum Gasteiger partial charge on any atom is -0.308 e. The number of carbonyl (C=O) groups is 1. The number of likely N-dealkylation sites (N-methyl/N-ethyl adjacent to an activating group) is 1. The van der Waals surface area contributed by atoms with Crippen molar-refractivity contribution in [3.8, 4) is 0 Å². The second-order valence-electron chi connectivity index (χ2n) is 6.45. The number of amides is 1. The fourth-order valence-corrected chi connectivity index (χ4v) is 2.73. The van der Waals surface area contributed by atoms with Crippen LogP contribution in [0.1, 0.15) is 18.1 Å². The molecular weight excluding hydrogens is 324 g/mol. The molecule has 3 aromatic rings. The van der Waals surface area contributed by atoms with Crippen molar-refractivity contribution in [2.45, 2.75) is 26.1 Å². The molecule has 1 heterocycles. The zero-order valence-electron chi connectivity index (χ0n) is 15.2. The van der Waals surface area contributed by atoms with E-state index < -0.39 is 0 Å². The standard InChI is InChI=1S/C21H24N4O/c1-17(24(2)15-18-9-5-3-6-10-18)21(26)22-20-13-14-25(23-20)16-19-11-7-4-8-12-19/h3-14,17H,15-16H2,1-2H3,(H,22,23,26). The molecule has 0 aliphatic rings. The Morgan fingerprint density at radius 2 is 1.65 bits per heavy atom. The van der Waals surface area contributed by atoms with Gasteiger partial charge < -0.3 is 5.32 Å². The largest absolute Gasteiger partial charge is 0.308 e. The molecule has 0 bridgehead atoms. The fraction of sp³-hybridized carbons (Fsp3) is 0.238. The minimum absolute atomic E-state index is 0.0617. The summed E-state index contributed by atoms with van der Waals surface area (Å²) in [5.41, 5.74) is 2.35. The lowest BCUT2D eigenvalue weighted by Gasteiger charge is -2.23. The average Bonchev–Trinajstić information content (AvgIpc) is 3.09. The normalized spacial score (nSPS) is 12.1. The number of hydrogen-bond acceptors (Lipinski definition) is 3. The predicted octanol–water partition coefficient (Wildman–Crippen LogP) is 3.39. The van der Waals surface area contributed by atoms with E-state index in [1.165, 1.54) is 11.1 Å². The van der Waals surface area contributed by atoms with Gasteiger partial charge in [-0.1, -0.05) is 60.7 Å². The molecule has 1 aromatic heterocycles. The highest BCUT2D eigenvalue weighted by Gasteiger charge is 2.19. The second kappa shape index (κ2) is 8.45. The van der Waals surface area contributed by atoms with Crippen molar-refractivity contribution in [3.63, 3.8) is 0 Å². The summed E-state index contributed by atoms with van der Waals surface area (Å²) in [4.78, 5) is 14.5. The summed E-state index contributed by atoms with van der Waals surface area (Å²) in [6.07, 6.45) is 1.88. The minimum atomic E-state index is -0.255. The first-order chi connectivity index (χ1) is 12.6. The van der Waals surface area contributed by atoms with Crippen LogP contribution in [0.15, 0.2) is 72.9 Å². The molecule has 0 aliphatic carbocycles. The van der Waals surface area contributed by atoms with Gasteiger partial charge in [-0.05, 0) is 25.1 Å². The Morgan fingerprint density at radius 3 is 2.31 bits per heavy atom. The first kappa shape index (κ1) is 17.9. The van der Waals surface area contributed by atoms with Crippen LogP contribution >= 0.6 is 0 Å². The summed E-state index contributed by atoms with van der Waals surface area (Å²) in [5.74, 6) is 0.513. The molecule has 0 saturated carbocycles. The maximum atomic E-state index is 12.5. The Morgan fingerprint density at radius 1 is 1.04 bits per heavy atom. The third-order valence-electron chi connectivity index (χ3n) is 4.39. The summed E-state index contributed by atoms with van der Waals surface area (Å²) in [6.45, 7) is 3.30. The maximum absolute atomic E-state index is 12.5. The molecule has 5 heteroatoms. The molecule has 5 nitrogen and oxygen atoms in total. The zero-order chi connectivity index (χ0) is 18.4. The van der Waals surface area contributed by atoms with E-state index in [-0.39, 0.29) is 11.9 Å². The first-order valence-electron chi connectivity index (χ1n) is 8.74. The van der Waals surface area contributed by atoms with Gasteiger partial charge in [0.15, 0.2) is 5.82 Å². The monoisotopic (exact) mass is 348 g/mol. The number of nitrogens with one attached hydrogen (secondary N) is 1. The topological polar surface area (TPSA) is 50.2 Å². The van der Waals surface area contributed by atoms with Crippen LogP contribution in [0.3, 0.4) is 0 Å². The lowest BCUT2D eigenvalue weighted by atomic mass is 10.2. The molecule has 0 saturated heterocycles. The molecule has 1 amide bonds. The van der Waals surface area contributed by atoms with Gasteiger partial charge in [0, 0.05) is 18.8 Å². The molecule has 1 unspecified atom stereocenters. The van der Waals surface area contributed by atoms with Gasteiger partial charge in [-0.25, -0.2) is 0 Å². The molecule has 134 valence electrons. The summed E-state index contributed by atoms with van der Waals surface area (Å²) in [7, 11) is 1.95. The zero-order valence-corrected chi connectivity index (χ0v) is 15.2. The van der Waals surface area contributed by atoms with E-state index in [1.54, 1.807) is 0 Å². The number of benzene rings is 2. The highest BCUT2D eigenvalue weighted by atomic mass is 16.2. The summed E-state index contributed by atoms with van der Waals surface area (Å²) in [6, 6.07) is 21.8. The average molecular weight is 348 g/mol. The van der Waals surface area contributed by atoms with Crippen LogP contribution in [-0.2, 0) is 17.9 Å². The SMILES string of the molecule is CC(C(=O)Nc1ccn(Cc2ccccc2)n1)N(C)Cc1ccccc1. The molecular formula is C21H24N4O.